The number of anilines is 2. The van der Waals surface area contributed by atoms with Crippen LogP contribution in [0.2, 0.25) is 0 Å². The first-order chi connectivity index (χ1) is 15.4. The summed E-state index contributed by atoms with van der Waals surface area (Å²) in [5.41, 5.74) is 3.32. The molecule has 2 heterocycles. The quantitative estimate of drug-likeness (QED) is 0.658. The number of aromatic nitrogens is 2. The molecule has 0 bridgehead atoms. The molecule has 2 aliphatic rings. The number of alkyl carbamates (subject to hydrolysis) is 1. The van der Waals surface area contributed by atoms with E-state index in [0.29, 0.717) is 0 Å². The second-order valence-electron chi connectivity index (χ2n) is 10.5. The summed E-state index contributed by atoms with van der Waals surface area (Å²) in [6.07, 6.45) is 2.01. The standard InChI is InChI=1S/C24H34N4O4S/c1-15(2)25-23(29)32-20-9-7-16(11-20)21-12-22(28(27-21)24(3,4)5)26-19-8-6-17-13-33(30,31)14-18(17)10-19/h6,8,10,12,15-16,20,26H,7,9,11,13-14H2,1-5H3,(H,25,29)/t16-,20+/m0/s1. The van der Waals surface area contributed by atoms with Crippen LogP contribution in [-0.4, -0.2) is 36.4 Å². The molecule has 2 atom stereocenters. The number of ether oxygens (including phenoxy) is 1. The molecule has 9 heteroatoms. The number of carbonyl (C=O) groups excluding carboxylic acids is 1. The van der Waals surface area contributed by atoms with Crippen molar-refractivity contribution in [3.05, 3.63) is 41.1 Å². The Morgan fingerprint density at radius 3 is 2.58 bits per heavy atom. The number of amides is 1. The van der Waals surface area contributed by atoms with Crippen LogP contribution >= 0.6 is 0 Å². The molecule has 1 aromatic heterocycles. The van der Waals surface area contributed by atoms with Crippen LogP contribution in [0.3, 0.4) is 0 Å². The van der Waals surface area contributed by atoms with Crippen molar-refractivity contribution < 1.29 is 17.9 Å². The minimum Gasteiger partial charge on any atom is -0.446 e. The van der Waals surface area contributed by atoms with Crippen molar-refractivity contribution in [3.8, 4) is 0 Å². The number of fused-ring (bicyclic) bond motifs is 1. The van der Waals surface area contributed by atoms with Crippen LogP contribution < -0.4 is 10.6 Å². The molecule has 1 amide bonds. The molecule has 1 aromatic carbocycles. The Labute approximate surface area is 196 Å². The molecule has 0 spiro atoms. The van der Waals surface area contributed by atoms with Crippen LogP contribution in [0.25, 0.3) is 0 Å². The zero-order valence-corrected chi connectivity index (χ0v) is 20.8. The number of nitrogens with zero attached hydrogens (tertiary/aromatic N) is 2. The van der Waals surface area contributed by atoms with E-state index in [0.717, 1.165) is 47.6 Å². The molecule has 2 N–H and O–H groups in total. The zero-order valence-electron chi connectivity index (χ0n) is 20.0. The van der Waals surface area contributed by atoms with Gasteiger partial charge in [-0.3, -0.25) is 0 Å². The lowest BCUT2D eigenvalue weighted by Crippen LogP contribution is -2.33. The number of rotatable bonds is 5. The zero-order chi connectivity index (χ0) is 24.0. The van der Waals surface area contributed by atoms with Gasteiger partial charge < -0.3 is 15.4 Å². The third kappa shape index (κ3) is 5.51. The van der Waals surface area contributed by atoms with Crippen LogP contribution in [0.15, 0.2) is 24.3 Å². The first-order valence-electron chi connectivity index (χ1n) is 11.6. The van der Waals surface area contributed by atoms with E-state index in [9.17, 15) is 13.2 Å². The van der Waals surface area contributed by atoms with Crippen molar-refractivity contribution in [3.63, 3.8) is 0 Å². The van der Waals surface area contributed by atoms with Gasteiger partial charge in [0.15, 0.2) is 9.84 Å². The molecule has 4 rings (SSSR count). The maximum atomic E-state index is 12.0. The average molecular weight is 475 g/mol. The summed E-state index contributed by atoms with van der Waals surface area (Å²) in [5.74, 6) is 1.29. The molecule has 8 nitrogen and oxygen atoms in total. The molecule has 0 unspecified atom stereocenters. The fraction of sp³-hybridized carbons (Fsp3) is 0.583. The first kappa shape index (κ1) is 23.6. The summed E-state index contributed by atoms with van der Waals surface area (Å²) < 4.78 is 31.5. The van der Waals surface area contributed by atoms with Gasteiger partial charge in [0, 0.05) is 23.7 Å². The molecule has 1 saturated carbocycles. The third-order valence-corrected chi connectivity index (χ3v) is 7.58. The van der Waals surface area contributed by atoms with E-state index >= 15 is 0 Å². The Hall–Kier alpha value is -2.55. The minimum atomic E-state index is -3.04. The van der Waals surface area contributed by atoms with Crippen molar-refractivity contribution in [2.24, 2.45) is 0 Å². The van der Waals surface area contributed by atoms with Crippen LogP contribution in [0.5, 0.6) is 0 Å². The van der Waals surface area contributed by atoms with Crippen LogP contribution in [-0.2, 0) is 31.6 Å². The summed E-state index contributed by atoms with van der Waals surface area (Å²) >= 11 is 0. The van der Waals surface area contributed by atoms with Crippen molar-refractivity contribution in [1.29, 1.82) is 0 Å². The number of sulfone groups is 1. The lowest BCUT2D eigenvalue weighted by molar-refractivity contribution is 0.0981. The van der Waals surface area contributed by atoms with E-state index in [1.807, 2.05) is 36.7 Å². The topological polar surface area (TPSA) is 102 Å². The van der Waals surface area contributed by atoms with Crippen molar-refractivity contribution in [2.45, 2.75) is 89.0 Å². The highest BCUT2D eigenvalue weighted by atomic mass is 32.2. The molecule has 1 fully saturated rings. The van der Waals surface area contributed by atoms with Gasteiger partial charge in [-0.25, -0.2) is 17.9 Å². The van der Waals surface area contributed by atoms with Crippen molar-refractivity contribution >= 4 is 27.4 Å². The lowest BCUT2D eigenvalue weighted by atomic mass is 10.0. The average Bonchev–Trinajstić information content (AvgIpc) is 3.36. The van der Waals surface area contributed by atoms with Gasteiger partial charge in [0.05, 0.1) is 22.7 Å². The largest absolute Gasteiger partial charge is 0.446 e. The summed E-state index contributed by atoms with van der Waals surface area (Å²) in [6, 6.07) is 7.85. The second-order valence-corrected chi connectivity index (χ2v) is 12.6. The summed E-state index contributed by atoms with van der Waals surface area (Å²) in [5, 5.41) is 11.2. The van der Waals surface area contributed by atoms with Crippen LogP contribution in [0.4, 0.5) is 16.3 Å². The smallest absolute Gasteiger partial charge is 0.407 e. The highest BCUT2D eigenvalue weighted by molar-refractivity contribution is 7.90. The van der Waals surface area contributed by atoms with Crippen LogP contribution in [0.1, 0.15) is 76.6 Å². The Balaban J connectivity index is 1.51. The highest BCUT2D eigenvalue weighted by Gasteiger charge is 2.32. The number of nitrogens with one attached hydrogen (secondary N) is 2. The Morgan fingerprint density at radius 2 is 1.88 bits per heavy atom. The molecule has 180 valence electrons. The van der Waals surface area contributed by atoms with E-state index in [4.69, 9.17) is 9.84 Å². The van der Waals surface area contributed by atoms with Crippen molar-refractivity contribution in [1.82, 2.24) is 15.1 Å². The Bertz CT molecular complexity index is 1150. The fourth-order valence-corrected chi connectivity index (χ4v) is 6.19. The fourth-order valence-electron chi connectivity index (χ4n) is 4.59. The van der Waals surface area contributed by atoms with Gasteiger partial charge in [0.2, 0.25) is 0 Å². The number of carbonyl (C=O) groups is 1. The SMILES string of the molecule is CC(C)NC(=O)O[C@@H]1CC[C@H](c2cc(Nc3ccc4c(c3)CS(=O)(=O)C4)n(C(C)(C)C)n2)C1. The molecule has 0 radical (unpaired) electrons. The van der Waals surface area contributed by atoms with E-state index in [1.165, 1.54) is 0 Å². The predicted octanol–water partition coefficient (Wildman–Crippen LogP) is 4.58. The highest BCUT2D eigenvalue weighted by Crippen LogP contribution is 2.38. The van der Waals surface area contributed by atoms with E-state index in [2.05, 4.69) is 37.5 Å². The molecular weight excluding hydrogens is 440 g/mol. The molecule has 2 aromatic rings. The van der Waals surface area contributed by atoms with Gasteiger partial charge in [0.25, 0.3) is 0 Å². The molecule has 1 aliphatic carbocycles. The number of hydrogen-bond donors (Lipinski definition) is 2. The molecule has 0 saturated heterocycles. The van der Waals surface area contributed by atoms with Gasteiger partial charge in [-0.2, -0.15) is 5.10 Å². The molecule has 1 aliphatic heterocycles. The predicted molar refractivity (Wildman–Crippen MR) is 128 cm³/mol. The van der Waals surface area contributed by atoms with E-state index < -0.39 is 9.84 Å². The van der Waals surface area contributed by atoms with Gasteiger partial charge in [-0.05, 0) is 77.1 Å². The number of hydrogen-bond acceptors (Lipinski definition) is 6. The summed E-state index contributed by atoms with van der Waals surface area (Å²) in [7, 11) is -3.04. The maximum absolute atomic E-state index is 12.0. The normalized spacial score (nSPS) is 21.8. The monoisotopic (exact) mass is 474 g/mol. The molecule has 33 heavy (non-hydrogen) atoms. The van der Waals surface area contributed by atoms with Gasteiger partial charge in [-0.15, -0.1) is 0 Å². The maximum Gasteiger partial charge on any atom is 0.407 e. The van der Waals surface area contributed by atoms with Gasteiger partial charge >= 0.3 is 6.09 Å². The number of benzene rings is 1. The van der Waals surface area contributed by atoms with Gasteiger partial charge in [-0.1, -0.05) is 6.07 Å². The van der Waals surface area contributed by atoms with Crippen molar-refractivity contribution in [2.75, 3.05) is 5.32 Å². The third-order valence-electron chi connectivity index (χ3n) is 6.08. The van der Waals surface area contributed by atoms with Gasteiger partial charge in [0.1, 0.15) is 11.9 Å². The minimum absolute atomic E-state index is 0.0464. The first-order valence-corrected chi connectivity index (χ1v) is 13.4. The summed E-state index contributed by atoms with van der Waals surface area (Å²) in [6.45, 7) is 10.1. The molecular formula is C24H34N4O4S. The van der Waals surface area contributed by atoms with Crippen LogP contribution in [0, 0.1) is 0 Å². The van der Waals surface area contributed by atoms with E-state index in [1.54, 1.807) is 0 Å². The summed E-state index contributed by atoms with van der Waals surface area (Å²) in [4.78, 5) is 12.0. The Kier molecular flexibility index (Phi) is 6.20. The Morgan fingerprint density at radius 1 is 1.15 bits per heavy atom. The van der Waals surface area contributed by atoms with E-state index in [-0.39, 0.29) is 41.2 Å². The lowest BCUT2D eigenvalue weighted by Gasteiger charge is -2.23. The second kappa shape index (κ2) is 8.66.